The third-order valence-corrected chi connectivity index (χ3v) is 7.77. The summed E-state index contributed by atoms with van der Waals surface area (Å²) in [4.78, 5) is 56.7. The number of rotatable bonds is 1. The summed E-state index contributed by atoms with van der Waals surface area (Å²) in [5.74, 6) is -1.61. The lowest BCUT2D eigenvalue weighted by Crippen LogP contribution is -2.40. The van der Waals surface area contributed by atoms with Gasteiger partial charge in [0.2, 0.25) is 0 Å². The number of carbonyl (C=O) groups is 4. The molecule has 0 bridgehead atoms. The molecule has 0 saturated carbocycles. The van der Waals surface area contributed by atoms with E-state index < -0.39 is 21.9 Å². The fourth-order valence-corrected chi connectivity index (χ4v) is 7.12. The Hall–Kier alpha value is -1.54. The van der Waals surface area contributed by atoms with E-state index in [1.54, 1.807) is 23.5 Å². The molecule has 1 aliphatic heterocycles. The van der Waals surface area contributed by atoms with Crippen LogP contribution >= 0.6 is 23.5 Å². The van der Waals surface area contributed by atoms with Crippen LogP contribution in [0.1, 0.15) is 26.7 Å². The molecule has 1 saturated heterocycles. The van der Waals surface area contributed by atoms with E-state index in [-0.39, 0.29) is 18.0 Å². The van der Waals surface area contributed by atoms with Crippen molar-refractivity contribution in [2.24, 2.45) is 5.92 Å². The molecular formula is C16H16O6S2. The molecule has 2 aliphatic carbocycles. The van der Waals surface area contributed by atoms with Crippen molar-refractivity contribution in [3.63, 3.8) is 0 Å². The van der Waals surface area contributed by atoms with E-state index in [0.29, 0.717) is 22.8 Å². The topological polar surface area (TPSA) is 86.7 Å². The van der Waals surface area contributed by atoms with Gasteiger partial charge < -0.3 is 0 Å². The second-order valence-corrected chi connectivity index (χ2v) is 9.30. The van der Waals surface area contributed by atoms with Crippen LogP contribution < -0.4 is 0 Å². The molecule has 0 N–H and O–H groups in total. The minimum atomic E-state index is -0.723. The van der Waals surface area contributed by atoms with E-state index in [9.17, 15) is 19.2 Å². The van der Waals surface area contributed by atoms with Gasteiger partial charge in [0, 0.05) is 29.1 Å². The lowest BCUT2D eigenvalue weighted by atomic mass is 9.77. The molecule has 1 heterocycles. The molecule has 8 heteroatoms. The van der Waals surface area contributed by atoms with Gasteiger partial charge in [-0.2, -0.15) is 0 Å². The Morgan fingerprint density at radius 3 is 2.54 bits per heavy atom. The summed E-state index contributed by atoms with van der Waals surface area (Å²) in [6, 6.07) is 0. The number of hydrogen-bond donors (Lipinski definition) is 0. The number of ketones is 2. The highest BCUT2D eigenvalue weighted by atomic mass is 32.2. The third-order valence-electron chi connectivity index (χ3n) is 4.10. The molecule has 3 rings (SSSR count). The summed E-state index contributed by atoms with van der Waals surface area (Å²) >= 11 is 3.20. The SMILES string of the molecule is CC(=O)OOC(=O)C1CC2=C(C(=O)C=CC2=O)C2(C1)SCC(C)S2. The van der Waals surface area contributed by atoms with Gasteiger partial charge in [0.1, 0.15) is 0 Å². The number of hydrogen-bond acceptors (Lipinski definition) is 8. The highest BCUT2D eigenvalue weighted by Gasteiger charge is 2.53. The maximum atomic E-state index is 12.4. The second-order valence-electron chi connectivity index (χ2n) is 5.99. The third kappa shape index (κ3) is 3.04. The first kappa shape index (κ1) is 17.3. The molecule has 0 aromatic carbocycles. The van der Waals surface area contributed by atoms with Gasteiger partial charge >= 0.3 is 11.9 Å². The monoisotopic (exact) mass is 368 g/mol. The molecule has 3 atom stereocenters. The maximum Gasteiger partial charge on any atom is 0.359 e. The van der Waals surface area contributed by atoms with Crippen molar-refractivity contribution in [1.29, 1.82) is 0 Å². The number of allylic oxidation sites excluding steroid dienone is 3. The largest absolute Gasteiger partial charge is 0.359 e. The van der Waals surface area contributed by atoms with Crippen molar-refractivity contribution in [2.45, 2.75) is 36.0 Å². The molecule has 3 aliphatic rings. The predicted molar refractivity (Wildman–Crippen MR) is 89.0 cm³/mol. The highest BCUT2D eigenvalue weighted by Crippen LogP contribution is 2.60. The van der Waals surface area contributed by atoms with Crippen LogP contribution in [0.3, 0.4) is 0 Å². The van der Waals surface area contributed by atoms with Crippen LogP contribution in [0.5, 0.6) is 0 Å². The number of fused-ring (bicyclic) bond motifs is 1. The van der Waals surface area contributed by atoms with E-state index in [4.69, 9.17) is 0 Å². The molecule has 24 heavy (non-hydrogen) atoms. The van der Waals surface area contributed by atoms with Crippen LogP contribution in [0.15, 0.2) is 23.3 Å². The van der Waals surface area contributed by atoms with Crippen molar-refractivity contribution in [2.75, 3.05) is 5.75 Å². The van der Waals surface area contributed by atoms with Gasteiger partial charge in [0.25, 0.3) is 0 Å². The van der Waals surface area contributed by atoms with Crippen molar-refractivity contribution in [1.82, 2.24) is 0 Å². The molecule has 0 aromatic rings. The van der Waals surface area contributed by atoms with Gasteiger partial charge in [-0.25, -0.2) is 19.4 Å². The van der Waals surface area contributed by atoms with E-state index in [0.717, 1.165) is 12.7 Å². The molecule has 1 spiro atoms. The summed E-state index contributed by atoms with van der Waals surface area (Å²) in [6.07, 6.45) is 3.06. The fourth-order valence-electron chi connectivity index (χ4n) is 3.19. The summed E-state index contributed by atoms with van der Waals surface area (Å²) in [6.45, 7) is 3.19. The Morgan fingerprint density at radius 2 is 1.92 bits per heavy atom. The van der Waals surface area contributed by atoms with Crippen molar-refractivity contribution >= 4 is 47.0 Å². The van der Waals surface area contributed by atoms with Crippen LogP contribution in [-0.4, -0.2) is 38.6 Å². The Bertz CT molecular complexity index is 695. The van der Waals surface area contributed by atoms with Gasteiger partial charge in [-0.3, -0.25) is 9.59 Å². The fraction of sp³-hybridized carbons (Fsp3) is 0.500. The molecule has 6 nitrogen and oxygen atoms in total. The van der Waals surface area contributed by atoms with Crippen LogP contribution in [-0.2, 0) is 29.0 Å². The summed E-state index contributed by atoms with van der Waals surface area (Å²) in [5.41, 5.74) is 0.901. The molecular weight excluding hydrogens is 352 g/mol. The zero-order valence-corrected chi connectivity index (χ0v) is 14.8. The summed E-state index contributed by atoms with van der Waals surface area (Å²) < 4.78 is -0.621. The Balaban J connectivity index is 1.94. The van der Waals surface area contributed by atoms with E-state index in [1.165, 1.54) is 12.2 Å². The van der Waals surface area contributed by atoms with Crippen LogP contribution in [0, 0.1) is 5.92 Å². The Morgan fingerprint density at radius 1 is 1.21 bits per heavy atom. The molecule has 0 radical (unpaired) electrons. The standard InChI is InChI=1S/C16H16O6S2/c1-8-7-23-16(24-8)6-10(15(20)22-21-9(2)17)5-11-12(18)3-4-13(19)14(11)16/h3-4,8,10H,5-7H2,1-2H3. The first-order chi connectivity index (χ1) is 11.3. The quantitative estimate of drug-likeness (QED) is 0.394. The molecule has 3 unspecified atom stereocenters. The molecule has 128 valence electrons. The van der Waals surface area contributed by atoms with Gasteiger partial charge in [0.15, 0.2) is 11.6 Å². The zero-order chi connectivity index (χ0) is 17.5. The lowest BCUT2D eigenvalue weighted by molar-refractivity contribution is -0.260. The molecule has 0 amide bonds. The minimum Gasteiger partial charge on any atom is -0.290 e. The number of thioether (sulfide) groups is 2. The second kappa shape index (κ2) is 6.40. The minimum absolute atomic E-state index is 0.127. The first-order valence-electron chi connectivity index (χ1n) is 7.53. The average Bonchev–Trinajstić information content (AvgIpc) is 2.89. The number of carbonyl (C=O) groups excluding carboxylic acids is 4. The van der Waals surface area contributed by atoms with Crippen molar-refractivity contribution in [3.05, 3.63) is 23.3 Å². The molecule has 0 aromatic heterocycles. The van der Waals surface area contributed by atoms with Crippen molar-refractivity contribution < 1.29 is 29.0 Å². The Kier molecular flexibility index (Phi) is 4.61. The van der Waals surface area contributed by atoms with E-state index in [2.05, 4.69) is 16.7 Å². The normalized spacial score (nSPS) is 32.1. The Labute approximate surface area is 147 Å². The lowest BCUT2D eigenvalue weighted by Gasteiger charge is -2.38. The maximum absolute atomic E-state index is 12.4. The van der Waals surface area contributed by atoms with Gasteiger partial charge in [-0.15, -0.1) is 23.5 Å². The summed E-state index contributed by atoms with van der Waals surface area (Å²) in [7, 11) is 0. The smallest absolute Gasteiger partial charge is 0.290 e. The van der Waals surface area contributed by atoms with Crippen LogP contribution in [0.25, 0.3) is 0 Å². The van der Waals surface area contributed by atoms with E-state index in [1.807, 2.05) is 0 Å². The average molecular weight is 368 g/mol. The van der Waals surface area contributed by atoms with Gasteiger partial charge in [-0.05, 0) is 25.0 Å². The van der Waals surface area contributed by atoms with Crippen molar-refractivity contribution in [3.8, 4) is 0 Å². The van der Waals surface area contributed by atoms with Gasteiger partial charge in [0.05, 0.1) is 10.00 Å². The first-order valence-corrected chi connectivity index (χ1v) is 9.40. The predicted octanol–water partition coefficient (Wildman–Crippen LogP) is 1.99. The highest BCUT2D eigenvalue weighted by molar-refractivity contribution is 8.22. The van der Waals surface area contributed by atoms with E-state index >= 15 is 0 Å². The van der Waals surface area contributed by atoms with Crippen LogP contribution in [0.4, 0.5) is 0 Å². The zero-order valence-electron chi connectivity index (χ0n) is 13.2. The van der Waals surface area contributed by atoms with Crippen LogP contribution in [0.2, 0.25) is 0 Å². The molecule has 1 fully saturated rings. The summed E-state index contributed by atoms with van der Waals surface area (Å²) in [5, 5.41) is 0.306. The van der Waals surface area contributed by atoms with Gasteiger partial charge in [-0.1, -0.05) is 6.92 Å².